The number of nitrogens with one attached hydrogen (secondary N) is 2. The monoisotopic (exact) mass is 271 g/mol. The van der Waals surface area contributed by atoms with E-state index >= 15 is 0 Å². The van der Waals surface area contributed by atoms with Gasteiger partial charge in [-0.3, -0.25) is 15.6 Å². The fraction of sp³-hybridized carbons (Fsp3) is 0. The van der Waals surface area contributed by atoms with Gasteiger partial charge in [0.1, 0.15) is 11.9 Å². The minimum Gasteiger partial charge on any atom is -0.322 e. The number of anilines is 2. The van der Waals surface area contributed by atoms with Crippen LogP contribution in [-0.4, -0.2) is 10.9 Å². The Bertz CT molecular complexity index is 695. The van der Waals surface area contributed by atoms with Gasteiger partial charge in [0.15, 0.2) is 0 Å². The summed E-state index contributed by atoms with van der Waals surface area (Å²) < 4.78 is 13.2. The lowest BCUT2D eigenvalue weighted by Crippen LogP contribution is -2.17. The molecule has 0 aliphatic rings. The summed E-state index contributed by atoms with van der Waals surface area (Å²) in [6, 6.07) is 6.92. The van der Waals surface area contributed by atoms with Crippen molar-refractivity contribution in [2.24, 2.45) is 5.84 Å². The van der Waals surface area contributed by atoms with Gasteiger partial charge < -0.3 is 10.7 Å². The average Bonchev–Trinajstić information content (AvgIpc) is 2.49. The zero-order valence-corrected chi connectivity index (χ0v) is 10.2. The van der Waals surface area contributed by atoms with Gasteiger partial charge in [0.05, 0.1) is 23.0 Å². The summed E-state index contributed by atoms with van der Waals surface area (Å²) in [7, 11) is 0. The lowest BCUT2D eigenvalue weighted by molar-refractivity contribution is 0.102. The summed E-state index contributed by atoms with van der Waals surface area (Å²) in [5.41, 5.74) is 3.16. The van der Waals surface area contributed by atoms with Crippen molar-refractivity contribution in [3.8, 4) is 6.07 Å². The second-order valence-corrected chi connectivity index (χ2v) is 3.83. The Morgan fingerprint density at radius 1 is 1.40 bits per heavy atom. The van der Waals surface area contributed by atoms with Crippen molar-refractivity contribution < 1.29 is 9.18 Å². The number of hydrogen-bond donors (Lipinski definition) is 3. The Hall–Kier alpha value is -2.98. The van der Waals surface area contributed by atoms with Crippen LogP contribution >= 0.6 is 0 Å². The normalized spacial score (nSPS) is 9.65. The summed E-state index contributed by atoms with van der Waals surface area (Å²) in [5.74, 6) is 4.20. The van der Waals surface area contributed by atoms with Gasteiger partial charge in [0, 0.05) is 11.9 Å². The number of carbonyl (C=O) groups excluding carboxylic acids is 1. The van der Waals surface area contributed by atoms with Gasteiger partial charge in [0.25, 0.3) is 5.91 Å². The van der Waals surface area contributed by atoms with E-state index < -0.39 is 11.7 Å². The molecule has 0 saturated carbocycles. The van der Waals surface area contributed by atoms with Crippen LogP contribution in [0.2, 0.25) is 0 Å². The maximum atomic E-state index is 13.2. The topological polar surface area (TPSA) is 104 Å². The highest BCUT2D eigenvalue weighted by atomic mass is 19.1. The van der Waals surface area contributed by atoms with Gasteiger partial charge >= 0.3 is 0 Å². The molecule has 4 N–H and O–H groups in total. The average molecular weight is 271 g/mol. The number of pyridine rings is 1. The first-order valence-corrected chi connectivity index (χ1v) is 5.57. The molecule has 0 spiro atoms. The number of amides is 1. The molecule has 0 aliphatic carbocycles. The van der Waals surface area contributed by atoms with E-state index in [1.54, 1.807) is 6.07 Å². The molecule has 0 atom stereocenters. The fourth-order valence-corrected chi connectivity index (χ4v) is 1.59. The zero-order valence-electron chi connectivity index (χ0n) is 10.2. The summed E-state index contributed by atoms with van der Waals surface area (Å²) >= 11 is 0. The second-order valence-electron chi connectivity index (χ2n) is 3.83. The third kappa shape index (κ3) is 2.71. The molecule has 0 fully saturated rings. The quantitative estimate of drug-likeness (QED) is 0.581. The van der Waals surface area contributed by atoms with Crippen molar-refractivity contribution in [1.29, 1.82) is 5.26 Å². The van der Waals surface area contributed by atoms with Crippen LogP contribution in [0, 0.1) is 17.1 Å². The number of halogens is 1. The number of nitrogen functional groups attached to an aromatic ring is 1. The van der Waals surface area contributed by atoms with Crippen molar-refractivity contribution in [2.45, 2.75) is 0 Å². The predicted molar refractivity (Wildman–Crippen MR) is 71.1 cm³/mol. The van der Waals surface area contributed by atoms with Gasteiger partial charge in [0.2, 0.25) is 0 Å². The van der Waals surface area contributed by atoms with Crippen LogP contribution in [0.3, 0.4) is 0 Å². The Morgan fingerprint density at radius 2 is 2.20 bits per heavy atom. The highest BCUT2D eigenvalue weighted by Gasteiger charge is 2.12. The number of nitrogens with two attached hydrogens (primary N) is 1. The van der Waals surface area contributed by atoms with Gasteiger partial charge in [-0.2, -0.15) is 5.26 Å². The molecule has 2 aromatic rings. The van der Waals surface area contributed by atoms with Gasteiger partial charge in [-0.25, -0.2) is 4.39 Å². The van der Waals surface area contributed by atoms with E-state index in [0.29, 0.717) is 11.4 Å². The third-order valence-corrected chi connectivity index (χ3v) is 2.57. The van der Waals surface area contributed by atoms with E-state index in [4.69, 9.17) is 11.1 Å². The fourth-order valence-electron chi connectivity index (χ4n) is 1.59. The summed E-state index contributed by atoms with van der Waals surface area (Å²) in [5, 5.41) is 11.3. The standard InChI is InChI=1S/C13H10FN5O/c14-11-2-1-9(5-8(11)6-15)18-13(20)10-3-4-17-7-12(10)19-16/h1-5,7,19H,16H2,(H,18,20). The van der Waals surface area contributed by atoms with E-state index in [-0.39, 0.29) is 11.1 Å². The molecular weight excluding hydrogens is 261 g/mol. The number of benzene rings is 1. The predicted octanol–water partition coefficient (Wildman–Crippen LogP) is 1.63. The molecule has 0 bridgehead atoms. The molecule has 7 heteroatoms. The molecule has 20 heavy (non-hydrogen) atoms. The Balaban J connectivity index is 2.26. The number of hydrazine groups is 1. The van der Waals surface area contributed by atoms with E-state index in [1.807, 2.05) is 0 Å². The number of rotatable bonds is 3. The molecule has 1 aromatic heterocycles. The Labute approximate surface area is 114 Å². The molecule has 100 valence electrons. The van der Waals surface area contributed by atoms with E-state index in [2.05, 4.69) is 15.7 Å². The lowest BCUT2D eigenvalue weighted by atomic mass is 10.2. The molecule has 1 amide bonds. The molecular formula is C13H10FN5O. The van der Waals surface area contributed by atoms with Crippen molar-refractivity contribution in [1.82, 2.24) is 4.98 Å². The van der Waals surface area contributed by atoms with Crippen molar-refractivity contribution in [3.05, 3.63) is 53.6 Å². The summed E-state index contributed by atoms with van der Waals surface area (Å²) in [6.45, 7) is 0. The van der Waals surface area contributed by atoms with E-state index in [9.17, 15) is 9.18 Å². The highest BCUT2D eigenvalue weighted by Crippen LogP contribution is 2.17. The maximum Gasteiger partial charge on any atom is 0.257 e. The first kappa shape index (κ1) is 13.5. The van der Waals surface area contributed by atoms with Crippen molar-refractivity contribution in [3.63, 3.8) is 0 Å². The van der Waals surface area contributed by atoms with E-state index in [0.717, 1.165) is 6.07 Å². The Morgan fingerprint density at radius 3 is 2.90 bits per heavy atom. The smallest absolute Gasteiger partial charge is 0.257 e. The van der Waals surface area contributed by atoms with Crippen molar-refractivity contribution in [2.75, 3.05) is 10.7 Å². The molecule has 0 aliphatic heterocycles. The van der Waals surface area contributed by atoms with Crippen LogP contribution in [0.25, 0.3) is 0 Å². The number of nitrogens with zero attached hydrogens (tertiary/aromatic N) is 2. The zero-order chi connectivity index (χ0) is 14.5. The van der Waals surface area contributed by atoms with Crippen LogP contribution in [0.15, 0.2) is 36.7 Å². The maximum absolute atomic E-state index is 13.2. The number of hydrogen-bond acceptors (Lipinski definition) is 5. The SMILES string of the molecule is N#Cc1cc(NC(=O)c2ccncc2NN)ccc1F. The minimum atomic E-state index is -0.640. The van der Waals surface area contributed by atoms with Gasteiger partial charge in [-0.05, 0) is 24.3 Å². The van der Waals surface area contributed by atoms with Crippen LogP contribution in [0.4, 0.5) is 15.8 Å². The molecule has 1 heterocycles. The van der Waals surface area contributed by atoms with Crippen LogP contribution < -0.4 is 16.6 Å². The molecule has 2 rings (SSSR count). The van der Waals surface area contributed by atoms with Crippen LogP contribution in [0.1, 0.15) is 15.9 Å². The molecule has 0 saturated heterocycles. The van der Waals surface area contributed by atoms with E-state index in [1.165, 1.54) is 30.6 Å². The summed E-state index contributed by atoms with van der Waals surface area (Å²) in [6.07, 6.45) is 2.85. The van der Waals surface area contributed by atoms with Gasteiger partial charge in [-0.1, -0.05) is 0 Å². The third-order valence-electron chi connectivity index (χ3n) is 2.57. The summed E-state index contributed by atoms with van der Waals surface area (Å²) in [4.78, 5) is 15.9. The number of aromatic nitrogens is 1. The second kappa shape index (κ2) is 5.77. The number of nitriles is 1. The molecule has 0 radical (unpaired) electrons. The first-order chi connectivity index (χ1) is 9.65. The largest absolute Gasteiger partial charge is 0.322 e. The molecule has 0 unspecified atom stereocenters. The molecule has 1 aromatic carbocycles. The minimum absolute atomic E-state index is 0.144. The molecule has 6 nitrogen and oxygen atoms in total. The Kier molecular flexibility index (Phi) is 3.88. The highest BCUT2D eigenvalue weighted by molar-refractivity contribution is 6.07. The lowest BCUT2D eigenvalue weighted by Gasteiger charge is -2.09. The first-order valence-electron chi connectivity index (χ1n) is 5.57. The van der Waals surface area contributed by atoms with Gasteiger partial charge in [-0.15, -0.1) is 0 Å². The van der Waals surface area contributed by atoms with Crippen LogP contribution in [0.5, 0.6) is 0 Å². The van der Waals surface area contributed by atoms with Crippen molar-refractivity contribution >= 4 is 17.3 Å². The van der Waals surface area contributed by atoms with Crippen LogP contribution in [-0.2, 0) is 0 Å². The number of carbonyl (C=O) groups is 1.